The molecule has 1 fully saturated rings. The number of aryl methyl sites for hydroxylation is 1. The summed E-state index contributed by atoms with van der Waals surface area (Å²) >= 11 is 1.32. The molecule has 0 radical (unpaired) electrons. The van der Waals surface area contributed by atoms with E-state index in [1.165, 1.54) is 22.8 Å². The van der Waals surface area contributed by atoms with Gasteiger partial charge in [-0.25, -0.2) is 13.4 Å². The van der Waals surface area contributed by atoms with Crippen LogP contribution in [0.5, 0.6) is 5.75 Å². The van der Waals surface area contributed by atoms with Gasteiger partial charge in [-0.2, -0.15) is 9.40 Å². The van der Waals surface area contributed by atoms with Crippen molar-refractivity contribution in [1.82, 2.24) is 19.5 Å². The predicted molar refractivity (Wildman–Crippen MR) is 113 cm³/mol. The van der Waals surface area contributed by atoms with Gasteiger partial charge in [0, 0.05) is 36.3 Å². The van der Waals surface area contributed by atoms with E-state index in [0.717, 1.165) is 11.3 Å². The highest BCUT2D eigenvalue weighted by Crippen LogP contribution is 2.34. The molecule has 1 aliphatic heterocycles. The molecule has 3 heterocycles. The molecule has 4 rings (SSSR count). The number of methoxy groups -OCH3 is 1. The van der Waals surface area contributed by atoms with Crippen molar-refractivity contribution in [3.8, 4) is 5.75 Å². The highest BCUT2D eigenvalue weighted by molar-refractivity contribution is 7.89. The number of hydrogen-bond donors (Lipinski definition) is 2. The highest BCUT2D eigenvalue weighted by atomic mass is 32.2. The zero-order valence-corrected chi connectivity index (χ0v) is 18.1. The lowest BCUT2D eigenvalue weighted by Crippen LogP contribution is -2.29. The Morgan fingerprint density at radius 3 is 2.93 bits per heavy atom. The number of aromatic amines is 1. The molecule has 0 bridgehead atoms. The van der Waals surface area contributed by atoms with Gasteiger partial charge in [0.1, 0.15) is 10.6 Å². The SMILES string of the molecule is COc1ccc(C)cc1S(=O)(=O)N1CC[C@@H](c2cc(C(=O)Nc3nccs3)n[nH]2)C1. The minimum Gasteiger partial charge on any atom is -0.495 e. The number of rotatable bonds is 6. The van der Waals surface area contributed by atoms with Crippen molar-refractivity contribution < 1.29 is 17.9 Å². The van der Waals surface area contributed by atoms with Crippen LogP contribution in [-0.2, 0) is 10.0 Å². The fourth-order valence-electron chi connectivity index (χ4n) is 3.43. The number of anilines is 1. The molecule has 2 N–H and O–H groups in total. The van der Waals surface area contributed by atoms with Crippen LogP contribution in [0.4, 0.5) is 5.13 Å². The maximum Gasteiger partial charge on any atom is 0.277 e. The second-order valence-electron chi connectivity index (χ2n) is 7.00. The molecule has 1 aromatic carbocycles. The molecule has 0 saturated carbocycles. The molecule has 1 amide bonds. The van der Waals surface area contributed by atoms with Gasteiger partial charge in [-0.3, -0.25) is 15.2 Å². The summed E-state index contributed by atoms with van der Waals surface area (Å²) in [5, 5.41) is 11.9. The second kappa shape index (κ2) is 8.17. The van der Waals surface area contributed by atoms with Crippen LogP contribution in [0.3, 0.4) is 0 Å². The average Bonchev–Trinajstić information content (AvgIpc) is 3.48. The molecule has 3 aromatic rings. The molecule has 1 aliphatic rings. The number of aromatic nitrogens is 3. The normalized spacial score (nSPS) is 17.2. The first-order valence-corrected chi connectivity index (χ1v) is 11.6. The summed E-state index contributed by atoms with van der Waals surface area (Å²) in [6.45, 7) is 2.52. The van der Waals surface area contributed by atoms with E-state index in [0.29, 0.717) is 30.4 Å². The topological polar surface area (TPSA) is 117 Å². The zero-order valence-electron chi connectivity index (χ0n) is 16.5. The molecule has 1 atom stereocenters. The second-order valence-corrected chi connectivity index (χ2v) is 9.80. The van der Waals surface area contributed by atoms with Gasteiger partial charge in [-0.1, -0.05) is 6.07 Å². The smallest absolute Gasteiger partial charge is 0.277 e. The lowest BCUT2D eigenvalue weighted by Gasteiger charge is -2.18. The highest BCUT2D eigenvalue weighted by Gasteiger charge is 2.35. The van der Waals surface area contributed by atoms with Crippen molar-refractivity contribution in [1.29, 1.82) is 0 Å². The quantitative estimate of drug-likeness (QED) is 0.600. The van der Waals surface area contributed by atoms with Crippen molar-refractivity contribution in [2.45, 2.75) is 24.2 Å². The molecule has 0 aliphatic carbocycles. The van der Waals surface area contributed by atoms with E-state index in [4.69, 9.17) is 4.74 Å². The molecule has 2 aromatic heterocycles. The fourth-order valence-corrected chi connectivity index (χ4v) is 5.70. The number of ether oxygens (including phenoxy) is 1. The Balaban J connectivity index is 1.49. The minimum atomic E-state index is -3.70. The fraction of sp³-hybridized carbons (Fsp3) is 0.316. The van der Waals surface area contributed by atoms with Crippen molar-refractivity contribution in [2.75, 3.05) is 25.5 Å². The number of carbonyl (C=O) groups is 1. The van der Waals surface area contributed by atoms with Gasteiger partial charge in [0.05, 0.1) is 7.11 Å². The Morgan fingerprint density at radius 1 is 1.37 bits per heavy atom. The Morgan fingerprint density at radius 2 is 2.20 bits per heavy atom. The number of sulfonamides is 1. The minimum absolute atomic E-state index is 0.0792. The maximum atomic E-state index is 13.2. The van der Waals surface area contributed by atoms with Crippen molar-refractivity contribution in [3.63, 3.8) is 0 Å². The Kier molecular flexibility index (Phi) is 5.58. The van der Waals surface area contributed by atoms with E-state index in [2.05, 4.69) is 20.5 Å². The standard InChI is InChI=1S/C19H21N5O4S2/c1-12-3-4-16(28-2)17(9-12)30(26,27)24-7-5-13(11-24)14-10-15(23-22-14)18(25)21-19-20-6-8-29-19/h3-4,6,8-10,13H,5,7,11H2,1-2H3,(H,22,23)(H,20,21,25)/t13-/m1/s1. The van der Waals surface area contributed by atoms with Crippen LogP contribution in [0.2, 0.25) is 0 Å². The third-order valence-electron chi connectivity index (χ3n) is 5.01. The monoisotopic (exact) mass is 447 g/mol. The largest absolute Gasteiger partial charge is 0.495 e. The van der Waals surface area contributed by atoms with Gasteiger partial charge in [0.2, 0.25) is 10.0 Å². The van der Waals surface area contributed by atoms with Crippen molar-refractivity contribution in [2.24, 2.45) is 0 Å². The van der Waals surface area contributed by atoms with Crippen molar-refractivity contribution >= 4 is 32.4 Å². The Bertz CT molecular complexity index is 1160. The van der Waals surface area contributed by atoms with E-state index in [1.807, 2.05) is 13.0 Å². The average molecular weight is 448 g/mol. The number of thiazole rings is 1. The first-order chi connectivity index (χ1) is 14.4. The summed E-state index contributed by atoms with van der Waals surface area (Å²) in [6.07, 6.45) is 2.23. The first kappa shape index (κ1) is 20.5. The van der Waals surface area contributed by atoms with E-state index >= 15 is 0 Å². The van der Waals surface area contributed by atoms with Gasteiger partial charge in [0.25, 0.3) is 5.91 Å². The summed E-state index contributed by atoms with van der Waals surface area (Å²) < 4.78 is 33.1. The van der Waals surface area contributed by atoms with E-state index in [9.17, 15) is 13.2 Å². The summed E-state index contributed by atoms with van der Waals surface area (Å²) in [6, 6.07) is 6.77. The van der Waals surface area contributed by atoms with Gasteiger partial charge < -0.3 is 4.74 Å². The van der Waals surface area contributed by atoms with Crippen LogP contribution in [-0.4, -0.2) is 54.0 Å². The molecular formula is C19H21N5O4S2. The third-order valence-corrected chi connectivity index (χ3v) is 7.59. The van der Waals surface area contributed by atoms with E-state index < -0.39 is 10.0 Å². The molecule has 1 saturated heterocycles. The van der Waals surface area contributed by atoms with Crippen molar-refractivity contribution in [3.05, 3.63) is 52.8 Å². The zero-order chi connectivity index (χ0) is 21.3. The van der Waals surface area contributed by atoms with Crippen LogP contribution in [0.1, 0.15) is 34.1 Å². The molecule has 11 heteroatoms. The van der Waals surface area contributed by atoms with Crippen LogP contribution >= 0.6 is 11.3 Å². The van der Waals surface area contributed by atoms with E-state index in [1.54, 1.807) is 29.8 Å². The predicted octanol–water partition coefficient (Wildman–Crippen LogP) is 2.61. The van der Waals surface area contributed by atoms with Crippen LogP contribution in [0.15, 0.2) is 40.7 Å². The van der Waals surface area contributed by atoms with Crippen LogP contribution in [0, 0.1) is 6.92 Å². The maximum absolute atomic E-state index is 13.2. The summed E-state index contributed by atoms with van der Waals surface area (Å²) in [5.41, 5.74) is 1.81. The summed E-state index contributed by atoms with van der Waals surface area (Å²) in [7, 11) is -2.24. The lowest BCUT2D eigenvalue weighted by atomic mass is 10.1. The van der Waals surface area contributed by atoms with Crippen LogP contribution in [0.25, 0.3) is 0 Å². The number of nitrogens with one attached hydrogen (secondary N) is 2. The molecular weight excluding hydrogens is 426 g/mol. The number of amides is 1. The summed E-state index contributed by atoms with van der Waals surface area (Å²) in [5.74, 6) is -0.115. The van der Waals surface area contributed by atoms with E-state index in [-0.39, 0.29) is 22.4 Å². The number of H-pyrrole nitrogens is 1. The number of nitrogens with zero attached hydrogens (tertiary/aromatic N) is 3. The molecule has 30 heavy (non-hydrogen) atoms. The number of carbonyl (C=O) groups excluding carboxylic acids is 1. The lowest BCUT2D eigenvalue weighted by molar-refractivity contribution is 0.102. The molecule has 0 spiro atoms. The molecule has 158 valence electrons. The van der Waals surface area contributed by atoms with Gasteiger partial charge in [-0.05, 0) is 37.1 Å². The third kappa shape index (κ3) is 3.95. The van der Waals surface area contributed by atoms with Gasteiger partial charge in [0.15, 0.2) is 10.8 Å². The molecule has 9 nitrogen and oxygen atoms in total. The van der Waals surface area contributed by atoms with Gasteiger partial charge >= 0.3 is 0 Å². The number of hydrogen-bond acceptors (Lipinski definition) is 7. The summed E-state index contributed by atoms with van der Waals surface area (Å²) in [4.78, 5) is 16.5. The van der Waals surface area contributed by atoms with Gasteiger partial charge in [-0.15, -0.1) is 11.3 Å². The number of benzene rings is 1. The Hall–Kier alpha value is -2.76. The first-order valence-electron chi connectivity index (χ1n) is 9.29. The Labute approximate surface area is 178 Å². The van der Waals surface area contributed by atoms with Crippen LogP contribution < -0.4 is 10.1 Å². The molecule has 0 unspecified atom stereocenters.